The number of aryl methyl sites for hydroxylation is 2. The third-order valence-corrected chi connectivity index (χ3v) is 7.73. The van der Waals surface area contributed by atoms with Crippen LogP contribution in [-0.4, -0.2) is 62.5 Å². The van der Waals surface area contributed by atoms with Crippen molar-refractivity contribution in [1.82, 2.24) is 14.8 Å². The van der Waals surface area contributed by atoms with E-state index in [0.717, 1.165) is 0 Å². The molecule has 1 aromatic carbocycles. The first-order valence-corrected chi connectivity index (χ1v) is 12.3. The molecule has 0 unspecified atom stereocenters. The van der Waals surface area contributed by atoms with Crippen LogP contribution in [0.1, 0.15) is 41.6 Å². The molecule has 178 valence electrons. The summed E-state index contributed by atoms with van der Waals surface area (Å²) in [5.41, 5.74) is 0.794. The maximum atomic E-state index is 13.0. The van der Waals surface area contributed by atoms with Crippen LogP contribution in [0.2, 0.25) is 0 Å². The fourth-order valence-electron chi connectivity index (χ4n) is 4.27. The molecule has 1 N–H and O–H groups in total. The highest BCUT2D eigenvalue weighted by Crippen LogP contribution is 2.32. The van der Waals surface area contributed by atoms with Crippen molar-refractivity contribution >= 4 is 21.7 Å². The van der Waals surface area contributed by atoms with Gasteiger partial charge in [-0.3, -0.25) is 9.59 Å². The van der Waals surface area contributed by atoms with Gasteiger partial charge in [0.25, 0.3) is 0 Å². The maximum absolute atomic E-state index is 13.0. The van der Waals surface area contributed by atoms with E-state index in [1.54, 1.807) is 23.1 Å². The fourth-order valence-corrected chi connectivity index (χ4v) is 5.79. The van der Waals surface area contributed by atoms with Crippen LogP contribution in [0.5, 0.6) is 11.5 Å². The number of piperidine rings is 1. The zero-order valence-electron chi connectivity index (χ0n) is 18.8. The van der Waals surface area contributed by atoms with Crippen molar-refractivity contribution in [3.63, 3.8) is 0 Å². The van der Waals surface area contributed by atoms with Gasteiger partial charge >= 0.3 is 0 Å². The standard InChI is InChI=1S/C22H27N3O7S/c1-13-21(15(3)32-23-13)33(28,29)24-14(2)22(27)25-8-6-16(7-9-25)20(26)17-4-5-18-19(12-17)31-11-10-30-18/h4-5,12,14,16,24H,6-11H2,1-3H3/t14-/m0/s1. The summed E-state index contributed by atoms with van der Waals surface area (Å²) in [6, 6.07) is 4.22. The second kappa shape index (κ2) is 9.14. The van der Waals surface area contributed by atoms with Gasteiger partial charge in [0.1, 0.15) is 23.8 Å². The van der Waals surface area contributed by atoms with Crippen molar-refractivity contribution in [3.05, 3.63) is 35.2 Å². The van der Waals surface area contributed by atoms with Crippen molar-refractivity contribution in [2.45, 2.75) is 44.6 Å². The Bertz CT molecular complexity index is 1150. The van der Waals surface area contributed by atoms with Crippen molar-refractivity contribution < 1.29 is 32.0 Å². The highest BCUT2D eigenvalue weighted by molar-refractivity contribution is 7.89. The highest BCUT2D eigenvalue weighted by atomic mass is 32.2. The minimum atomic E-state index is -3.96. The van der Waals surface area contributed by atoms with E-state index in [9.17, 15) is 18.0 Å². The number of fused-ring (bicyclic) bond motifs is 1. The normalized spacial score (nSPS) is 17.6. The van der Waals surface area contributed by atoms with Gasteiger partial charge in [-0.15, -0.1) is 0 Å². The summed E-state index contributed by atoms with van der Waals surface area (Å²) in [4.78, 5) is 27.4. The number of aromatic nitrogens is 1. The molecule has 1 saturated heterocycles. The zero-order chi connectivity index (χ0) is 23.8. The van der Waals surface area contributed by atoms with Gasteiger partial charge < -0.3 is 18.9 Å². The molecule has 0 radical (unpaired) electrons. The SMILES string of the molecule is Cc1noc(C)c1S(=O)(=O)N[C@@H](C)C(=O)N1CCC(C(=O)c2ccc3c(c2)OCCO3)CC1. The Labute approximate surface area is 192 Å². The summed E-state index contributed by atoms with van der Waals surface area (Å²) in [6.45, 7) is 6.22. The number of hydrogen-bond donors (Lipinski definition) is 1. The lowest BCUT2D eigenvalue weighted by molar-refractivity contribution is -0.133. The van der Waals surface area contributed by atoms with Gasteiger partial charge in [-0.25, -0.2) is 8.42 Å². The Hall–Kier alpha value is -2.92. The molecule has 4 rings (SSSR count). The number of Topliss-reactive ketones (excluding diaryl/α,β-unsaturated/α-hetero) is 1. The van der Waals surface area contributed by atoms with Gasteiger partial charge in [0.05, 0.1) is 6.04 Å². The summed E-state index contributed by atoms with van der Waals surface area (Å²) in [5.74, 6) is 0.816. The summed E-state index contributed by atoms with van der Waals surface area (Å²) in [6.07, 6.45) is 1.00. The lowest BCUT2D eigenvalue weighted by atomic mass is 9.88. The summed E-state index contributed by atoms with van der Waals surface area (Å²) in [5, 5.41) is 3.66. The number of ether oxygens (including phenoxy) is 2. The number of benzene rings is 1. The molecule has 1 atom stereocenters. The molecule has 11 heteroatoms. The van der Waals surface area contributed by atoms with E-state index >= 15 is 0 Å². The van der Waals surface area contributed by atoms with E-state index in [1.807, 2.05) is 0 Å². The highest BCUT2D eigenvalue weighted by Gasteiger charge is 2.33. The number of rotatable bonds is 6. The average Bonchev–Trinajstić information content (AvgIpc) is 3.16. The average molecular weight is 478 g/mol. The molecule has 1 aromatic heterocycles. The Morgan fingerprint density at radius 3 is 2.42 bits per heavy atom. The van der Waals surface area contributed by atoms with E-state index in [-0.39, 0.29) is 34.0 Å². The largest absolute Gasteiger partial charge is 0.486 e. The molecule has 10 nitrogen and oxygen atoms in total. The van der Waals surface area contributed by atoms with E-state index in [2.05, 4.69) is 9.88 Å². The molecule has 33 heavy (non-hydrogen) atoms. The summed E-state index contributed by atoms with van der Waals surface area (Å²) >= 11 is 0. The monoisotopic (exact) mass is 477 g/mol. The number of nitrogens with one attached hydrogen (secondary N) is 1. The minimum absolute atomic E-state index is 0.00577. The van der Waals surface area contributed by atoms with Crippen molar-refractivity contribution in [2.24, 2.45) is 5.92 Å². The Morgan fingerprint density at radius 2 is 1.79 bits per heavy atom. The topological polar surface area (TPSA) is 128 Å². The fraction of sp³-hybridized carbons (Fsp3) is 0.500. The zero-order valence-corrected chi connectivity index (χ0v) is 19.6. The molecule has 3 heterocycles. The smallest absolute Gasteiger partial charge is 0.246 e. The Morgan fingerprint density at radius 1 is 1.12 bits per heavy atom. The summed E-state index contributed by atoms with van der Waals surface area (Å²) < 4.78 is 43.8. The van der Waals surface area contributed by atoms with E-state index < -0.39 is 16.1 Å². The van der Waals surface area contributed by atoms with Gasteiger partial charge in [-0.1, -0.05) is 5.16 Å². The molecule has 0 spiro atoms. The molecule has 0 saturated carbocycles. The molecule has 2 aromatic rings. The molecule has 1 fully saturated rings. The first-order chi connectivity index (χ1) is 15.7. The van der Waals surface area contributed by atoms with E-state index in [0.29, 0.717) is 56.2 Å². The van der Waals surface area contributed by atoms with Crippen molar-refractivity contribution in [2.75, 3.05) is 26.3 Å². The van der Waals surface area contributed by atoms with Crippen LogP contribution >= 0.6 is 0 Å². The Kier molecular flexibility index (Phi) is 6.44. The van der Waals surface area contributed by atoms with Crippen LogP contribution in [0.25, 0.3) is 0 Å². The number of ketones is 1. The molecule has 0 bridgehead atoms. The van der Waals surface area contributed by atoms with Gasteiger partial charge in [0, 0.05) is 24.6 Å². The maximum Gasteiger partial charge on any atom is 0.246 e. The number of carbonyl (C=O) groups is 2. The van der Waals surface area contributed by atoms with Gasteiger partial charge in [-0.2, -0.15) is 4.72 Å². The van der Waals surface area contributed by atoms with Gasteiger partial charge in [0.2, 0.25) is 15.9 Å². The number of amides is 1. The van der Waals surface area contributed by atoms with Crippen molar-refractivity contribution in [1.29, 1.82) is 0 Å². The number of nitrogens with zero attached hydrogens (tertiary/aromatic N) is 2. The third kappa shape index (κ3) is 4.74. The van der Waals surface area contributed by atoms with Gasteiger partial charge in [0.15, 0.2) is 23.0 Å². The van der Waals surface area contributed by atoms with Gasteiger partial charge in [-0.05, 0) is 51.8 Å². The summed E-state index contributed by atoms with van der Waals surface area (Å²) in [7, 11) is -3.96. The van der Waals surface area contributed by atoms with Crippen LogP contribution in [0, 0.1) is 19.8 Å². The first-order valence-electron chi connectivity index (χ1n) is 10.8. The predicted octanol–water partition coefficient (Wildman–Crippen LogP) is 1.85. The van der Waals surface area contributed by atoms with Crippen LogP contribution in [-0.2, 0) is 14.8 Å². The third-order valence-electron chi connectivity index (χ3n) is 5.94. The predicted molar refractivity (Wildman–Crippen MR) is 117 cm³/mol. The van der Waals surface area contributed by atoms with Crippen LogP contribution in [0.15, 0.2) is 27.6 Å². The van der Waals surface area contributed by atoms with E-state index in [4.69, 9.17) is 14.0 Å². The van der Waals surface area contributed by atoms with E-state index in [1.165, 1.54) is 20.8 Å². The molecule has 2 aliphatic heterocycles. The first kappa shape index (κ1) is 23.2. The molecular formula is C22H27N3O7S. The van der Waals surface area contributed by atoms with Crippen LogP contribution in [0.3, 0.4) is 0 Å². The number of likely N-dealkylation sites (tertiary alicyclic amines) is 1. The second-order valence-electron chi connectivity index (χ2n) is 8.32. The molecule has 2 aliphatic rings. The van der Waals surface area contributed by atoms with Crippen molar-refractivity contribution in [3.8, 4) is 11.5 Å². The minimum Gasteiger partial charge on any atom is -0.486 e. The quantitative estimate of drug-likeness (QED) is 0.625. The number of sulfonamides is 1. The van der Waals surface area contributed by atoms with Crippen LogP contribution in [0.4, 0.5) is 0 Å². The number of hydrogen-bond acceptors (Lipinski definition) is 8. The molecule has 0 aliphatic carbocycles. The lowest BCUT2D eigenvalue weighted by Crippen LogP contribution is -2.49. The lowest BCUT2D eigenvalue weighted by Gasteiger charge is -2.33. The second-order valence-corrected chi connectivity index (χ2v) is 9.97. The van der Waals surface area contributed by atoms with Crippen LogP contribution < -0.4 is 14.2 Å². The molecular weight excluding hydrogens is 450 g/mol. The number of carbonyl (C=O) groups excluding carboxylic acids is 2. The molecule has 1 amide bonds. The Balaban J connectivity index is 1.35.